The minimum Gasteiger partial charge on any atom is -0.342 e. The van der Waals surface area contributed by atoms with Gasteiger partial charge < -0.3 is 4.90 Å². The number of carbonyl (C=O) groups is 1. The van der Waals surface area contributed by atoms with Crippen molar-refractivity contribution in [3.63, 3.8) is 0 Å². The number of hydrogen-bond acceptors (Lipinski definition) is 3. The zero-order valence-corrected chi connectivity index (χ0v) is 16.4. The number of likely N-dealkylation sites (tertiary alicyclic amines) is 1. The standard InChI is InChI=1S/C21H30N4O/c1-5-25-19(9-12-22-25)18-8-6-7-17(23-18)15-16-10-13-24(14-11-16)20(26)21(2,3)4/h6-9,12,16H,5,10-11,13-15H2,1-4H3. The van der Waals surface area contributed by atoms with Gasteiger partial charge in [-0.2, -0.15) is 5.10 Å². The first-order valence-electron chi connectivity index (χ1n) is 9.66. The predicted octanol–water partition coefficient (Wildman–Crippen LogP) is 3.79. The number of hydrogen-bond donors (Lipinski definition) is 0. The molecule has 0 spiro atoms. The molecular formula is C21H30N4O. The van der Waals surface area contributed by atoms with Crippen molar-refractivity contribution in [2.75, 3.05) is 13.1 Å². The van der Waals surface area contributed by atoms with E-state index in [0.29, 0.717) is 5.92 Å². The second-order valence-corrected chi connectivity index (χ2v) is 8.24. The van der Waals surface area contributed by atoms with E-state index in [1.54, 1.807) is 0 Å². The molecular weight excluding hydrogens is 324 g/mol. The Balaban J connectivity index is 1.63. The maximum absolute atomic E-state index is 12.4. The summed E-state index contributed by atoms with van der Waals surface area (Å²) in [5.74, 6) is 0.863. The van der Waals surface area contributed by atoms with E-state index < -0.39 is 0 Å². The van der Waals surface area contributed by atoms with Crippen LogP contribution in [-0.2, 0) is 17.8 Å². The van der Waals surface area contributed by atoms with Crippen molar-refractivity contribution >= 4 is 5.91 Å². The van der Waals surface area contributed by atoms with Crippen molar-refractivity contribution in [1.29, 1.82) is 0 Å². The molecule has 1 fully saturated rings. The Kier molecular flexibility index (Phi) is 5.44. The number of amides is 1. The number of aryl methyl sites for hydroxylation is 1. The molecule has 26 heavy (non-hydrogen) atoms. The van der Waals surface area contributed by atoms with Crippen molar-refractivity contribution in [1.82, 2.24) is 19.7 Å². The Morgan fingerprint density at radius 3 is 2.58 bits per heavy atom. The van der Waals surface area contributed by atoms with Gasteiger partial charge in [0.05, 0.1) is 11.4 Å². The van der Waals surface area contributed by atoms with Gasteiger partial charge in [-0.1, -0.05) is 26.8 Å². The first kappa shape index (κ1) is 18.6. The molecule has 1 aliphatic rings. The van der Waals surface area contributed by atoms with E-state index in [1.807, 2.05) is 42.6 Å². The summed E-state index contributed by atoms with van der Waals surface area (Å²) in [5, 5.41) is 4.34. The molecule has 0 N–H and O–H groups in total. The molecule has 2 aromatic heterocycles. The van der Waals surface area contributed by atoms with Crippen molar-refractivity contribution < 1.29 is 4.79 Å². The third kappa shape index (κ3) is 4.14. The molecule has 1 saturated heterocycles. The van der Waals surface area contributed by atoms with Gasteiger partial charge in [0.1, 0.15) is 0 Å². The van der Waals surface area contributed by atoms with Crippen LogP contribution in [-0.4, -0.2) is 38.7 Å². The number of piperidine rings is 1. The van der Waals surface area contributed by atoms with Gasteiger partial charge >= 0.3 is 0 Å². The predicted molar refractivity (Wildman–Crippen MR) is 104 cm³/mol. The summed E-state index contributed by atoms with van der Waals surface area (Å²) >= 11 is 0. The fourth-order valence-corrected chi connectivity index (χ4v) is 3.65. The molecule has 0 unspecified atom stereocenters. The molecule has 2 aromatic rings. The summed E-state index contributed by atoms with van der Waals surface area (Å²) < 4.78 is 1.97. The van der Waals surface area contributed by atoms with Gasteiger partial charge in [0.15, 0.2) is 0 Å². The highest BCUT2D eigenvalue weighted by molar-refractivity contribution is 5.81. The van der Waals surface area contributed by atoms with E-state index in [1.165, 1.54) is 0 Å². The molecule has 5 heteroatoms. The van der Waals surface area contributed by atoms with Crippen molar-refractivity contribution in [3.8, 4) is 11.4 Å². The van der Waals surface area contributed by atoms with E-state index in [0.717, 1.165) is 56.0 Å². The Morgan fingerprint density at radius 2 is 1.92 bits per heavy atom. The van der Waals surface area contributed by atoms with Crippen LogP contribution in [0.1, 0.15) is 46.2 Å². The first-order valence-corrected chi connectivity index (χ1v) is 9.66. The zero-order valence-electron chi connectivity index (χ0n) is 16.4. The van der Waals surface area contributed by atoms with Crippen LogP contribution in [0, 0.1) is 11.3 Å². The molecule has 5 nitrogen and oxygen atoms in total. The number of pyridine rings is 1. The maximum atomic E-state index is 12.4. The van der Waals surface area contributed by atoms with Crippen LogP contribution in [0.25, 0.3) is 11.4 Å². The quantitative estimate of drug-likeness (QED) is 0.839. The van der Waals surface area contributed by atoms with Gasteiger partial charge in [-0.05, 0) is 50.3 Å². The summed E-state index contributed by atoms with van der Waals surface area (Å²) in [5.41, 5.74) is 2.90. The van der Waals surface area contributed by atoms with Crippen LogP contribution in [0.5, 0.6) is 0 Å². The second-order valence-electron chi connectivity index (χ2n) is 8.24. The summed E-state index contributed by atoms with van der Waals surface area (Å²) in [6, 6.07) is 8.27. The van der Waals surface area contributed by atoms with Crippen molar-refractivity contribution in [2.24, 2.45) is 11.3 Å². The molecule has 0 aromatic carbocycles. The van der Waals surface area contributed by atoms with Gasteiger partial charge in [-0.3, -0.25) is 14.5 Å². The van der Waals surface area contributed by atoms with E-state index in [2.05, 4.69) is 30.2 Å². The Bertz CT molecular complexity index is 751. The highest BCUT2D eigenvalue weighted by Gasteiger charge is 2.30. The van der Waals surface area contributed by atoms with Crippen LogP contribution in [0.3, 0.4) is 0 Å². The van der Waals surface area contributed by atoms with Gasteiger partial charge in [0.25, 0.3) is 0 Å². The maximum Gasteiger partial charge on any atom is 0.227 e. The van der Waals surface area contributed by atoms with Crippen LogP contribution in [0.15, 0.2) is 30.5 Å². The molecule has 0 saturated carbocycles. The Hall–Kier alpha value is -2.17. The fraction of sp³-hybridized carbons (Fsp3) is 0.571. The smallest absolute Gasteiger partial charge is 0.227 e. The van der Waals surface area contributed by atoms with Crippen LogP contribution >= 0.6 is 0 Å². The fourth-order valence-electron chi connectivity index (χ4n) is 3.65. The van der Waals surface area contributed by atoms with Crippen LogP contribution in [0.4, 0.5) is 0 Å². The summed E-state index contributed by atoms with van der Waals surface area (Å²) in [4.78, 5) is 19.3. The van der Waals surface area contributed by atoms with Gasteiger partial charge in [0, 0.05) is 36.9 Å². The number of rotatable bonds is 4. The molecule has 1 amide bonds. The topological polar surface area (TPSA) is 51.0 Å². The monoisotopic (exact) mass is 354 g/mol. The average Bonchev–Trinajstić information content (AvgIpc) is 3.10. The van der Waals surface area contributed by atoms with E-state index in [-0.39, 0.29) is 11.3 Å². The molecule has 140 valence electrons. The number of aromatic nitrogens is 3. The summed E-state index contributed by atoms with van der Waals surface area (Å²) in [7, 11) is 0. The lowest BCUT2D eigenvalue weighted by atomic mass is 9.89. The minimum atomic E-state index is -0.287. The van der Waals surface area contributed by atoms with Gasteiger partial charge in [0.2, 0.25) is 5.91 Å². The lowest BCUT2D eigenvalue weighted by Gasteiger charge is -2.35. The van der Waals surface area contributed by atoms with Gasteiger partial charge in [-0.15, -0.1) is 0 Å². The zero-order chi connectivity index (χ0) is 18.7. The molecule has 1 aliphatic heterocycles. The number of carbonyl (C=O) groups excluding carboxylic acids is 1. The first-order chi connectivity index (χ1) is 12.4. The number of nitrogens with zero attached hydrogens (tertiary/aromatic N) is 4. The lowest BCUT2D eigenvalue weighted by Crippen LogP contribution is -2.44. The van der Waals surface area contributed by atoms with Crippen molar-refractivity contribution in [2.45, 2.75) is 53.5 Å². The molecule has 0 bridgehead atoms. The van der Waals surface area contributed by atoms with E-state index in [4.69, 9.17) is 4.98 Å². The highest BCUT2D eigenvalue weighted by Crippen LogP contribution is 2.26. The summed E-state index contributed by atoms with van der Waals surface area (Å²) in [6.45, 7) is 10.7. The molecule has 0 radical (unpaired) electrons. The van der Waals surface area contributed by atoms with E-state index >= 15 is 0 Å². The van der Waals surface area contributed by atoms with Gasteiger partial charge in [-0.25, -0.2) is 0 Å². The molecule has 0 atom stereocenters. The highest BCUT2D eigenvalue weighted by atomic mass is 16.2. The SMILES string of the molecule is CCn1nccc1-c1cccc(CC2CCN(C(=O)C(C)(C)C)CC2)n1. The third-order valence-electron chi connectivity index (χ3n) is 5.13. The summed E-state index contributed by atoms with van der Waals surface area (Å²) in [6.07, 6.45) is 4.92. The van der Waals surface area contributed by atoms with Crippen molar-refractivity contribution in [3.05, 3.63) is 36.2 Å². The normalized spacial score (nSPS) is 16.1. The molecule has 3 rings (SSSR count). The Morgan fingerprint density at radius 1 is 1.19 bits per heavy atom. The Labute approximate surface area is 156 Å². The minimum absolute atomic E-state index is 0.267. The average molecular weight is 354 g/mol. The largest absolute Gasteiger partial charge is 0.342 e. The third-order valence-corrected chi connectivity index (χ3v) is 5.13. The van der Waals surface area contributed by atoms with E-state index in [9.17, 15) is 4.79 Å². The molecule has 3 heterocycles. The van der Waals surface area contributed by atoms with Crippen LogP contribution in [0.2, 0.25) is 0 Å². The lowest BCUT2D eigenvalue weighted by molar-refractivity contribution is -0.140. The second kappa shape index (κ2) is 7.60. The van der Waals surface area contributed by atoms with Crippen LogP contribution < -0.4 is 0 Å². The molecule has 0 aliphatic carbocycles.